The largest absolute Gasteiger partial charge is 0.359 e. The van der Waals surface area contributed by atoms with Crippen LogP contribution in [0.25, 0.3) is 10.9 Å². The maximum absolute atomic E-state index is 12.2. The lowest BCUT2D eigenvalue weighted by Gasteiger charge is -2.14. The summed E-state index contributed by atoms with van der Waals surface area (Å²) >= 11 is 0. The van der Waals surface area contributed by atoms with Crippen molar-refractivity contribution in [3.63, 3.8) is 0 Å². The molecule has 0 radical (unpaired) electrons. The van der Waals surface area contributed by atoms with Crippen LogP contribution in [0.15, 0.2) is 29.1 Å². The molecule has 0 aliphatic rings. The molecule has 0 saturated carbocycles. The van der Waals surface area contributed by atoms with Crippen LogP contribution in [0.5, 0.6) is 0 Å². The Labute approximate surface area is 165 Å². The average molecular weight is 390 g/mol. The number of carbonyl (C=O) groups excluding carboxylic acids is 1. The SMILES string of the molecule is CCCCC(=O)NC.Cc1cc2cc([N+](=O)[O-])ccc2n(CCN(C)C)c1=O. The number of rotatable bonds is 7. The van der Waals surface area contributed by atoms with Gasteiger partial charge in [0.1, 0.15) is 0 Å². The molecule has 0 fully saturated rings. The quantitative estimate of drug-likeness (QED) is 0.579. The Kier molecular flexibility index (Phi) is 9.31. The van der Waals surface area contributed by atoms with Crippen molar-refractivity contribution in [2.24, 2.45) is 0 Å². The molecule has 154 valence electrons. The number of carbonyl (C=O) groups is 1. The van der Waals surface area contributed by atoms with Crippen LogP contribution >= 0.6 is 0 Å². The van der Waals surface area contributed by atoms with Crippen molar-refractivity contribution in [1.29, 1.82) is 0 Å². The minimum absolute atomic E-state index is 0.0368. The lowest BCUT2D eigenvalue weighted by Crippen LogP contribution is -2.28. The Morgan fingerprint density at radius 3 is 2.50 bits per heavy atom. The molecule has 0 bridgehead atoms. The van der Waals surface area contributed by atoms with Crippen LogP contribution in [-0.2, 0) is 11.3 Å². The topological polar surface area (TPSA) is 97.5 Å². The summed E-state index contributed by atoms with van der Waals surface area (Å²) in [5, 5.41) is 14.1. The fourth-order valence-corrected chi connectivity index (χ4v) is 2.62. The van der Waals surface area contributed by atoms with Gasteiger partial charge in [-0.1, -0.05) is 13.3 Å². The van der Waals surface area contributed by atoms with Crippen molar-refractivity contribution in [3.8, 4) is 0 Å². The average Bonchev–Trinajstić information content (AvgIpc) is 2.66. The normalized spacial score (nSPS) is 10.5. The molecule has 1 heterocycles. The number of unbranched alkanes of at least 4 members (excludes halogenated alkanes) is 1. The van der Waals surface area contributed by atoms with Crippen LogP contribution in [-0.4, -0.2) is 48.0 Å². The van der Waals surface area contributed by atoms with Gasteiger partial charge in [0.05, 0.1) is 10.4 Å². The summed E-state index contributed by atoms with van der Waals surface area (Å²) in [4.78, 5) is 35.1. The molecule has 8 nitrogen and oxygen atoms in total. The minimum Gasteiger partial charge on any atom is -0.359 e. The Balaban J connectivity index is 0.000000416. The van der Waals surface area contributed by atoms with E-state index < -0.39 is 4.92 Å². The number of nitro benzene ring substituents is 1. The van der Waals surface area contributed by atoms with E-state index in [4.69, 9.17) is 0 Å². The molecule has 1 amide bonds. The van der Waals surface area contributed by atoms with Gasteiger partial charge in [-0.05, 0) is 39.6 Å². The van der Waals surface area contributed by atoms with E-state index >= 15 is 0 Å². The summed E-state index contributed by atoms with van der Waals surface area (Å²) in [5.41, 5.74) is 1.31. The Morgan fingerprint density at radius 1 is 1.29 bits per heavy atom. The second-order valence-corrected chi connectivity index (χ2v) is 6.86. The third-order valence-electron chi connectivity index (χ3n) is 4.27. The highest BCUT2D eigenvalue weighted by Crippen LogP contribution is 2.20. The number of aromatic nitrogens is 1. The Bertz CT molecular complexity index is 874. The zero-order valence-corrected chi connectivity index (χ0v) is 17.3. The van der Waals surface area contributed by atoms with E-state index in [1.165, 1.54) is 12.1 Å². The number of hydrogen-bond acceptors (Lipinski definition) is 5. The highest BCUT2D eigenvalue weighted by Gasteiger charge is 2.11. The van der Waals surface area contributed by atoms with Gasteiger partial charge in [-0.3, -0.25) is 19.7 Å². The summed E-state index contributed by atoms with van der Waals surface area (Å²) in [6, 6.07) is 6.29. The van der Waals surface area contributed by atoms with Crippen LogP contribution in [0.1, 0.15) is 31.7 Å². The van der Waals surface area contributed by atoms with E-state index in [9.17, 15) is 19.7 Å². The fourth-order valence-electron chi connectivity index (χ4n) is 2.62. The fraction of sp³-hybridized carbons (Fsp3) is 0.500. The van der Waals surface area contributed by atoms with Crippen LogP contribution in [0, 0.1) is 17.0 Å². The Hall–Kier alpha value is -2.74. The van der Waals surface area contributed by atoms with E-state index in [0.29, 0.717) is 18.5 Å². The summed E-state index contributed by atoms with van der Waals surface area (Å²) in [7, 11) is 5.54. The minimum atomic E-state index is -0.427. The summed E-state index contributed by atoms with van der Waals surface area (Å²) in [5.74, 6) is 0.145. The molecule has 1 N–H and O–H groups in total. The van der Waals surface area contributed by atoms with Gasteiger partial charge in [0, 0.05) is 49.6 Å². The predicted octanol–water partition coefficient (Wildman–Crippen LogP) is 2.70. The number of nitro groups is 1. The van der Waals surface area contributed by atoms with Gasteiger partial charge in [0.15, 0.2) is 0 Å². The standard InChI is InChI=1S/C14H17N3O3.C6H13NO/c1-10-8-11-9-12(17(19)20)4-5-13(11)16(14(10)18)7-6-15(2)3;1-3-4-5-6(8)7-2/h4-5,8-9H,6-7H2,1-3H3;3-5H2,1-2H3,(H,7,8). The molecule has 28 heavy (non-hydrogen) atoms. The molecule has 2 rings (SSSR count). The molecule has 0 unspecified atom stereocenters. The molecular weight excluding hydrogens is 360 g/mol. The summed E-state index contributed by atoms with van der Waals surface area (Å²) in [6.45, 7) is 5.09. The molecule has 0 aliphatic heterocycles. The third kappa shape index (κ3) is 6.77. The number of hydrogen-bond donors (Lipinski definition) is 1. The smallest absolute Gasteiger partial charge is 0.270 e. The van der Waals surface area contributed by atoms with Crippen LogP contribution < -0.4 is 10.9 Å². The van der Waals surface area contributed by atoms with Gasteiger partial charge in [0.25, 0.3) is 11.2 Å². The molecule has 0 atom stereocenters. The van der Waals surface area contributed by atoms with Crippen molar-refractivity contribution < 1.29 is 9.72 Å². The van der Waals surface area contributed by atoms with Crippen molar-refractivity contribution in [2.45, 2.75) is 39.7 Å². The first-order chi connectivity index (χ1) is 13.2. The van der Waals surface area contributed by atoms with E-state index in [-0.39, 0.29) is 17.2 Å². The molecular formula is C20H30N4O4. The van der Waals surface area contributed by atoms with Gasteiger partial charge >= 0.3 is 0 Å². The highest BCUT2D eigenvalue weighted by molar-refractivity contribution is 5.82. The lowest BCUT2D eigenvalue weighted by molar-refractivity contribution is -0.384. The lowest BCUT2D eigenvalue weighted by atomic mass is 10.1. The second kappa shape index (κ2) is 11.2. The van der Waals surface area contributed by atoms with E-state index in [0.717, 1.165) is 30.3 Å². The number of fused-ring (bicyclic) bond motifs is 1. The van der Waals surface area contributed by atoms with Gasteiger partial charge in [-0.25, -0.2) is 0 Å². The zero-order chi connectivity index (χ0) is 21.3. The number of pyridine rings is 1. The first-order valence-electron chi connectivity index (χ1n) is 9.35. The van der Waals surface area contributed by atoms with Crippen LogP contribution in [0.3, 0.4) is 0 Å². The number of aryl methyl sites for hydroxylation is 1. The van der Waals surface area contributed by atoms with Crippen molar-refractivity contribution in [1.82, 2.24) is 14.8 Å². The molecule has 0 spiro atoms. The molecule has 1 aromatic carbocycles. The number of likely N-dealkylation sites (N-methyl/N-ethyl adjacent to an activating group) is 1. The van der Waals surface area contributed by atoms with E-state index in [1.807, 2.05) is 19.0 Å². The van der Waals surface area contributed by atoms with Gasteiger partial charge < -0.3 is 14.8 Å². The number of benzene rings is 1. The second-order valence-electron chi connectivity index (χ2n) is 6.86. The Morgan fingerprint density at radius 2 is 1.96 bits per heavy atom. The first kappa shape index (κ1) is 23.3. The highest BCUT2D eigenvalue weighted by atomic mass is 16.6. The number of non-ortho nitro benzene ring substituents is 1. The molecule has 8 heteroatoms. The number of nitrogens with zero attached hydrogens (tertiary/aromatic N) is 3. The van der Waals surface area contributed by atoms with E-state index in [2.05, 4.69) is 12.2 Å². The first-order valence-corrected chi connectivity index (χ1v) is 9.35. The monoisotopic (exact) mass is 390 g/mol. The van der Waals surface area contributed by atoms with Crippen LogP contribution in [0.4, 0.5) is 5.69 Å². The molecule has 0 saturated heterocycles. The van der Waals surface area contributed by atoms with Crippen molar-refractivity contribution in [2.75, 3.05) is 27.7 Å². The van der Waals surface area contributed by atoms with Gasteiger partial charge in [-0.15, -0.1) is 0 Å². The summed E-state index contributed by atoms with van der Waals surface area (Å²) < 4.78 is 1.67. The van der Waals surface area contributed by atoms with Crippen molar-refractivity contribution in [3.05, 3.63) is 50.3 Å². The number of amides is 1. The summed E-state index contributed by atoms with van der Waals surface area (Å²) in [6.07, 6.45) is 2.76. The molecule has 0 aliphatic carbocycles. The third-order valence-corrected chi connectivity index (χ3v) is 4.27. The van der Waals surface area contributed by atoms with Gasteiger partial charge in [0.2, 0.25) is 5.91 Å². The van der Waals surface area contributed by atoms with E-state index in [1.54, 1.807) is 30.7 Å². The van der Waals surface area contributed by atoms with Crippen molar-refractivity contribution >= 4 is 22.5 Å². The zero-order valence-electron chi connectivity index (χ0n) is 17.3. The maximum atomic E-state index is 12.2. The molecule has 2 aromatic rings. The maximum Gasteiger partial charge on any atom is 0.270 e. The molecule has 1 aromatic heterocycles. The number of nitrogens with one attached hydrogen (secondary N) is 1. The van der Waals surface area contributed by atoms with Crippen LogP contribution in [0.2, 0.25) is 0 Å². The predicted molar refractivity (Wildman–Crippen MR) is 112 cm³/mol. The van der Waals surface area contributed by atoms with Gasteiger partial charge in [-0.2, -0.15) is 0 Å².